The molecule has 0 spiro atoms. The predicted octanol–water partition coefficient (Wildman–Crippen LogP) is 6.49. The molecule has 3 aliphatic rings. The number of aryl methyl sites for hydroxylation is 1. The fourth-order valence-electron chi connectivity index (χ4n) is 5.83. The van der Waals surface area contributed by atoms with Gasteiger partial charge in [-0.2, -0.15) is 0 Å². The first kappa shape index (κ1) is 23.2. The summed E-state index contributed by atoms with van der Waals surface area (Å²) in [4.78, 5) is 17.2. The van der Waals surface area contributed by atoms with Gasteiger partial charge in [-0.1, -0.05) is 51.2 Å². The third-order valence-corrected chi connectivity index (χ3v) is 8.14. The fraction of sp³-hybridized carbons (Fsp3) is 0.643. The number of pyridine rings is 1. The molecule has 5 rings (SSSR count). The Morgan fingerprint density at radius 2 is 1.69 bits per heavy atom. The van der Waals surface area contributed by atoms with E-state index in [4.69, 9.17) is 9.72 Å². The lowest BCUT2D eigenvalue weighted by Crippen LogP contribution is -2.56. The molecule has 0 radical (unpaired) electrons. The molecule has 32 heavy (non-hydrogen) atoms. The number of hydrogen-bond acceptors (Lipinski definition) is 4. The molecule has 1 N–H and O–H groups in total. The highest BCUT2D eigenvalue weighted by atomic mass is 16.5. The Bertz CT molecular complexity index is 898. The summed E-state index contributed by atoms with van der Waals surface area (Å²) in [5.74, 6) is -0.00198. The van der Waals surface area contributed by atoms with E-state index < -0.39 is 0 Å². The monoisotopic (exact) mass is 436 g/mol. The number of nitrogens with zero attached hydrogens (tertiary/aromatic N) is 1. The maximum absolute atomic E-state index is 12.2. The van der Waals surface area contributed by atoms with Gasteiger partial charge >= 0.3 is 5.97 Å². The Balaban J connectivity index is 1.30. The molecular formula is C28H40N2O2. The molecule has 0 aliphatic heterocycles. The maximum atomic E-state index is 12.2. The summed E-state index contributed by atoms with van der Waals surface area (Å²) < 4.78 is 5.09. The van der Waals surface area contributed by atoms with Crippen molar-refractivity contribution in [2.45, 2.75) is 102 Å². The van der Waals surface area contributed by atoms with Gasteiger partial charge in [-0.3, -0.25) is 9.78 Å². The van der Waals surface area contributed by atoms with Crippen LogP contribution < -0.4 is 5.32 Å². The molecule has 1 heterocycles. The summed E-state index contributed by atoms with van der Waals surface area (Å²) in [6, 6.07) is 11.2. The second-order valence-electron chi connectivity index (χ2n) is 10.3. The highest BCUT2D eigenvalue weighted by molar-refractivity contribution is 5.79. The highest BCUT2D eigenvalue weighted by Crippen LogP contribution is 2.52. The van der Waals surface area contributed by atoms with Gasteiger partial charge in [-0.15, -0.1) is 0 Å². The van der Waals surface area contributed by atoms with Gasteiger partial charge in [0.15, 0.2) is 0 Å². The zero-order valence-corrected chi connectivity index (χ0v) is 20.0. The van der Waals surface area contributed by atoms with Crippen LogP contribution in [0.4, 0.5) is 0 Å². The van der Waals surface area contributed by atoms with Gasteiger partial charge in [0.05, 0.1) is 23.7 Å². The number of hydrogen-bond donors (Lipinski definition) is 1. The minimum absolute atomic E-state index is 0.00198. The molecule has 2 aromatic rings. The number of rotatable bonds is 11. The molecule has 3 fully saturated rings. The van der Waals surface area contributed by atoms with E-state index in [-0.39, 0.29) is 16.9 Å². The molecule has 3 aliphatic carbocycles. The molecule has 0 unspecified atom stereocenters. The van der Waals surface area contributed by atoms with E-state index in [2.05, 4.69) is 42.6 Å². The molecule has 4 nitrogen and oxygen atoms in total. The van der Waals surface area contributed by atoms with E-state index in [9.17, 15) is 4.79 Å². The number of ether oxygens (including phenoxy) is 1. The van der Waals surface area contributed by atoms with Crippen LogP contribution in [-0.2, 0) is 22.5 Å². The average Bonchev–Trinajstić information content (AvgIpc) is 2.85. The summed E-state index contributed by atoms with van der Waals surface area (Å²) in [5, 5.41) is 5.07. The molecule has 174 valence electrons. The Hall–Kier alpha value is -1.94. The first-order valence-electron chi connectivity index (χ1n) is 12.8. The minimum Gasteiger partial charge on any atom is -0.469 e. The molecular weight excluding hydrogens is 396 g/mol. The molecule has 1 aromatic carbocycles. The van der Waals surface area contributed by atoms with Crippen molar-refractivity contribution in [2.24, 2.45) is 5.41 Å². The standard InChI is InChI=1S/C28H40N2O2/c1-3-4-5-6-7-8-9-22-10-13-25-23(20-22)11-12-24(30-25)21-29-28-17-14-27(15-18-28,16-19-28)26(31)32-2/h10-13,20,29H,3-9,14-19,21H2,1-2H3. The van der Waals surface area contributed by atoms with Gasteiger partial charge < -0.3 is 10.1 Å². The van der Waals surface area contributed by atoms with Crippen LogP contribution in [0.2, 0.25) is 0 Å². The highest BCUT2D eigenvalue weighted by Gasteiger charge is 2.52. The van der Waals surface area contributed by atoms with Crippen molar-refractivity contribution < 1.29 is 9.53 Å². The van der Waals surface area contributed by atoms with E-state index >= 15 is 0 Å². The van der Waals surface area contributed by atoms with Gasteiger partial charge in [0.1, 0.15) is 0 Å². The summed E-state index contributed by atoms with van der Waals surface area (Å²) in [7, 11) is 1.52. The van der Waals surface area contributed by atoms with Gasteiger partial charge in [-0.05, 0) is 75.1 Å². The number of carbonyl (C=O) groups is 1. The van der Waals surface area contributed by atoms with Crippen LogP contribution in [0, 0.1) is 5.41 Å². The SMILES string of the molecule is CCCCCCCCc1ccc2nc(CNC34CCC(C(=O)OC)(CC3)CC4)ccc2c1. The van der Waals surface area contributed by atoms with Crippen molar-refractivity contribution in [3.8, 4) is 0 Å². The molecule has 0 saturated heterocycles. The lowest BCUT2D eigenvalue weighted by atomic mass is 9.57. The molecule has 1 aromatic heterocycles. The van der Waals surface area contributed by atoms with Crippen LogP contribution in [0.1, 0.15) is 95.2 Å². The van der Waals surface area contributed by atoms with Crippen molar-refractivity contribution in [2.75, 3.05) is 7.11 Å². The van der Waals surface area contributed by atoms with E-state index in [1.165, 1.54) is 63.0 Å². The number of aromatic nitrogens is 1. The number of nitrogens with one attached hydrogen (secondary N) is 1. The largest absolute Gasteiger partial charge is 0.469 e. The lowest BCUT2D eigenvalue weighted by Gasteiger charge is -2.52. The first-order valence-corrected chi connectivity index (χ1v) is 12.8. The second kappa shape index (κ2) is 10.3. The summed E-state index contributed by atoms with van der Waals surface area (Å²) in [5.41, 5.74) is 3.56. The van der Waals surface area contributed by atoms with E-state index in [1.54, 1.807) is 0 Å². The van der Waals surface area contributed by atoms with Crippen LogP contribution in [0.25, 0.3) is 10.9 Å². The number of methoxy groups -OCH3 is 1. The van der Waals surface area contributed by atoms with E-state index in [0.29, 0.717) is 0 Å². The molecule has 3 saturated carbocycles. The predicted molar refractivity (Wildman–Crippen MR) is 131 cm³/mol. The lowest BCUT2D eigenvalue weighted by molar-refractivity contribution is -0.160. The summed E-state index contributed by atoms with van der Waals surface area (Å²) >= 11 is 0. The summed E-state index contributed by atoms with van der Waals surface area (Å²) in [6.45, 7) is 3.06. The summed E-state index contributed by atoms with van der Waals surface area (Å²) in [6.07, 6.45) is 15.2. The molecule has 0 amide bonds. The van der Waals surface area contributed by atoms with Gasteiger partial charge in [-0.25, -0.2) is 0 Å². The van der Waals surface area contributed by atoms with Crippen molar-refractivity contribution in [3.63, 3.8) is 0 Å². The second-order valence-corrected chi connectivity index (χ2v) is 10.3. The van der Waals surface area contributed by atoms with Crippen LogP contribution in [-0.4, -0.2) is 23.6 Å². The van der Waals surface area contributed by atoms with Crippen molar-refractivity contribution in [3.05, 3.63) is 41.6 Å². The van der Waals surface area contributed by atoms with Crippen LogP contribution >= 0.6 is 0 Å². The Labute approximate surface area is 193 Å². The Morgan fingerprint density at radius 3 is 2.41 bits per heavy atom. The quantitative estimate of drug-likeness (QED) is 0.323. The van der Waals surface area contributed by atoms with Gasteiger partial charge in [0.2, 0.25) is 0 Å². The Morgan fingerprint density at radius 1 is 0.969 bits per heavy atom. The number of esters is 1. The van der Waals surface area contributed by atoms with Crippen LogP contribution in [0.15, 0.2) is 30.3 Å². The average molecular weight is 437 g/mol. The smallest absolute Gasteiger partial charge is 0.311 e. The zero-order chi connectivity index (χ0) is 22.4. The maximum Gasteiger partial charge on any atom is 0.311 e. The number of unbranched alkanes of at least 4 members (excludes halogenated alkanes) is 5. The Kier molecular flexibility index (Phi) is 7.50. The van der Waals surface area contributed by atoms with Gasteiger partial charge in [0.25, 0.3) is 0 Å². The number of carbonyl (C=O) groups excluding carboxylic acids is 1. The first-order chi connectivity index (χ1) is 15.6. The minimum atomic E-state index is -0.216. The number of fused-ring (bicyclic) bond motifs is 4. The van der Waals surface area contributed by atoms with Gasteiger partial charge in [0, 0.05) is 17.5 Å². The zero-order valence-electron chi connectivity index (χ0n) is 20.0. The molecule has 4 heteroatoms. The van der Waals surface area contributed by atoms with Crippen molar-refractivity contribution >= 4 is 16.9 Å². The van der Waals surface area contributed by atoms with Crippen molar-refractivity contribution in [1.29, 1.82) is 0 Å². The van der Waals surface area contributed by atoms with Crippen molar-refractivity contribution in [1.82, 2.24) is 10.3 Å². The van der Waals surface area contributed by atoms with E-state index in [1.807, 2.05) is 0 Å². The number of benzene rings is 1. The molecule has 0 atom stereocenters. The third kappa shape index (κ3) is 5.17. The third-order valence-electron chi connectivity index (χ3n) is 8.14. The fourth-order valence-corrected chi connectivity index (χ4v) is 5.83. The van der Waals surface area contributed by atoms with E-state index in [0.717, 1.165) is 56.3 Å². The molecule has 2 bridgehead atoms. The topological polar surface area (TPSA) is 51.2 Å². The van der Waals surface area contributed by atoms with Crippen LogP contribution in [0.3, 0.4) is 0 Å². The normalized spacial score (nSPS) is 24.7. The van der Waals surface area contributed by atoms with Crippen LogP contribution in [0.5, 0.6) is 0 Å².